The van der Waals surface area contributed by atoms with E-state index >= 15 is 0 Å². The van der Waals surface area contributed by atoms with Crippen LogP contribution in [-0.2, 0) is 14.4 Å². The van der Waals surface area contributed by atoms with Gasteiger partial charge in [0.2, 0.25) is 5.91 Å². The smallest absolute Gasteiger partial charge is 0.303 e. The van der Waals surface area contributed by atoms with Gasteiger partial charge in [0.25, 0.3) is 5.91 Å². The number of carboxylic acid groups (broad SMARTS) is 1. The monoisotopic (exact) mass is 269 g/mol. The Morgan fingerprint density at radius 3 is 2.68 bits per heavy atom. The van der Waals surface area contributed by atoms with Crippen molar-refractivity contribution < 1.29 is 19.5 Å². The number of nitrogens with one attached hydrogen (secondary N) is 1. The molecule has 7 heteroatoms. The minimum absolute atomic E-state index is 0.0294. The van der Waals surface area contributed by atoms with Crippen LogP contribution in [0.15, 0.2) is 5.10 Å². The first kappa shape index (κ1) is 15.1. The van der Waals surface area contributed by atoms with Gasteiger partial charge in [-0.2, -0.15) is 5.10 Å². The summed E-state index contributed by atoms with van der Waals surface area (Å²) in [7, 11) is 1.51. The molecule has 0 fully saturated rings. The molecule has 0 spiro atoms. The first-order valence-corrected chi connectivity index (χ1v) is 6.28. The van der Waals surface area contributed by atoms with Gasteiger partial charge in [-0.15, -0.1) is 0 Å². The average Bonchev–Trinajstić information content (AvgIpc) is 2.36. The van der Waals surface area contributed by atoms with E-state index < -0.39 is 5.97 Å². The van der Waals surface area contributed by atoms with Gasteiger partial charge in [-0.05, 0) is 5.92 Å². The molecule has 0 aromatic heterocycles. The molecule has 19 heavy (non-hydrogen) atoms. The molecule has 7 nitrogen and oxygen atoms in total. The summed E-state index contributed by atoms with van der Waals surface area (Å²) >= 11 is 0. The molecular formula is C12H19N3O4. The number of carboxylic acids is 1. The molecule has 106 valence electrons. The SMILES string of the molecule is CCC(CNC(=O)C1=NN(C)C(=O)CC1)CC(=O)O. The van der Waals surface area contributed by atoms with Gasteiger partial charge in [-0.1, -0.05) is 13.3 Å². The third-order valence-corrected chi connectivity index (χ3v) is 3.06. The molecule has 1 rings (SSSR count). The fraction of sp³-hybridized carbons (Fsp3) is 0.667. The quantitative estimate of drug-likeness (QED) is 0.720. The molecule has 1 aliphatic rings. The molecule has 0 bridgehead atoms. The van der Waals surface area contributed by atoms with Crippen LogP contribution in [0.2, 0.25) is 0 Å². The van der Waals surface area contributed by atoms with Crippen molar-refractivity contribution in [1.29, 1.82) is 0 Å². The molecule has 1 atom stereocenters. The van der Waals surface area contributed by atoms with Crippen molar-refractivity contribution in [2.45, 2.75) is 32.6 Å². The fourth-order valence-electron chi connectivity index (χ4n) is 1.78. The van der Waals surface area contributed by atoms with Crippen LogP contribution in [0.1, 0.15) is 32.6 Å². The van der Waals surface area contributed by atoms with Crippen LogP contribution in [-0.4, -0.2) is 47.2 Å². The molecule has 2 N–H and O–H groups in total. The fourth-order valence-corrected chi connectivity index (χ4v) is 1.78. The summed E-state index contributed by atoms with van der Waals surface area (Å²) in [6.07, 6.45) is 1.30. The molecule has 0 aromatic carbocycles. The summed E-state index contributed by atoms with van der Waals surface area (Å²) in [5, 5.41) is 16.4. The highest BCUT2D eigenvalue weighted by molar-refractivity contribution is 6.39. The molecule has 0 radical (unpaired) electrons. The number of hydrogen-bond acceptors (Lipinski definition) is 4. The highest BCUT2D eigenvalue weighted by atomic mass is 16.4. The zero-order valence-corrected chi connectivity index (χ0v) is 11.2. The van der Waals surface area contributed by atoms with E-state index in [0.29, 0.717) is 25.1 Å². The molecule has 0 aromatic rings. The van der Waals surface area contributed by atoms with Gasteiger partial charge in [0.05, 0.1) is 0 Å². The van der Waals surface area contributed by atoms with Crippen LogP contribution >= 0.6 is 0 Å². The van der Waals surface area contributed by atoms with E-state index in [1.165, 1.54) is 7.05 Å². The van der Waals surface area contributed by atoms with Crippen LogP contribution in [0.5, 0.6) is 0 Å². The number of hydrogen-bond donors (Lipinski definition) is 2. The second-order valence-electron chi connectivity index (χ2n) is 4.55. The van der Waals surface area contributed by atoms with Gasteiger partial charge in [0.1, 0.15) is 5.71 Å². The first-order valence-electron chi connectivity index (χ1n) is 6.28. The Balaban J connectivity index is 2.49. The third kappa shape index (κ3) is 4.69. The second-order valence-corrected chi connectivity index (χ2v) is 4.55. The van der Waals surface area contributed by atoms with E-state index in [1.54, 1.807) is 0 Å². The Labute approximate surface area is 111 Å². The second kappa shape index (κ2) is 6.86. The highest BCUT2D eigenvalue weighted by Crippen LogP contribution is 2.09. The van der Waals surface area contributed by atoms with E-state index in [2.05, 4.69) is 10.4 Å². The maximum absolute atomic E-state index is 11.8. The van der Waals surface area contributed by atoms with Gasteiger partial charge in [-0.25, -0.2) is 5.01 Å². The summed E-state index contributed by atoms with van der Waals surface area (Å²) in [6.45, 7) is 2.18. The maximum Gasteiger partial charge on any atom is 0.303 e. The van der Waals surface area contributed by atoms with Crippen molar-refractivity contribution in [3.05, 3.63) is 0 Å². The highest BCUT2D eigenvalue weighted by Gasteiger charge is 2.22. The van der Waals surface area contributed by atoms with E-state index in [4.69, 9.17) is 5.11 Å². The molecule has 1 unspecified atom stereocenters. The number of carbonyl (C=O) groups excluding carboxylic acids is 2. The normalized spacial score (nSPS) is 16.8. The van der Waals surface area contributed by atoms with Crippen molar-refractivity contribution in [3.63, 3.8) is 0 Å². The Bertz CT molecular complexity index is 406. The molecule has 0 saturated carbocycles. The first-order chi connectivity index (χ1) is 8.93. The summed E-state index contributed by atoms with van der Waals surface area (Å²) in [4.78, 5) is 33.7. The van der Waals surface area contributed by atoms with E-state index in [1.807, 2.05) is 6.92 Å². The Hall–Kier alpha value is -1.92. The van der Waals surface area contributed by atoms with Crippen LogP contribution < -0.4 is 5.32 Å². The number of nitrogens with zero attached hydrogens (tertiary/aromatic N) is 2. The van der Waals surface area contributed by atoms with Crippen molar-refractivity contribution in [2.24, 2.45) is 11.0 Å². The average molecular weight is 269 g/mol. The standard InChI is InChI=1S/C12H19N3O4/c1-3-8(6-11(17)18)7-13-12(19)9-4-5-10(16)15(2)14-9/h8H,3-7H2,1-2H3,(H,13,19)(H,17,18). The maximum atomic E-state index is 11.8. The number of amides is 2. The molecular weight excluding hydrogens is 250 g/mol. The molecule has 0 saturated heterocycles. The van der Waals surface area contributed by atoms with Gasteiger partial charge in [-0.3, -0.25) is 14.4 Å². The third-order valence-electron chi connectivity index (χ3n) is 3.06. The number of aliphatic carboxylic acids is 1. The molecule has 1 heterocycles. The van der Waals surface area contributed by atoms with Crippen molar-refractivity contribution in [1.82, 2.24) is 10.3 Å². The van der Waals surface area contributed by atoms with Crippen LogP contribution in [0, 0.1) is 5.92 Å². The Kier molecular flexibility index (Phi) is 5.47. The minimum atomic E-state index is -0.874. The summed E-state index contributed by atoms with van der Waals surface area (Å²) < 4.78 is 0. The number of rotatable bonds is 6. The van der Waals surface area contributed by atoms with E-state index in [-0.39, 0.29) is 30.6 Å². The zero-order chi connectivity index (χ0) is 14.4. The summed E-state index contributed by atoms with van der Waals surface area (Å²) in [5.74, 6) is -1.41. The van der Waals surface area contributed by atoms with Crippen molar-refractivity contribution >= 4 is 23.5 Å². The van der Waals surface area contributed by atoms with Gasteiger partial charge in [0.15, 0.2) is 0 Å². The van der Waals surface area contributed by atoms with Crippen LogP contribution in [0.4, 0.5) is 0 Å². The number of hydrazone groups is 1. The molecule has 1 aliphatic heterocycles. The van der Waals surface area contributed by atoms with Gasteiger partial charge < -0.3 is 10.4 Å². The van der Waals surface area contributed by atoms with E-state index in [9.17, 15) is 14.4 Å². The predicted molar refractivity (Wildman–Crippen MR) is 68.5 cm³/mol. The lowest BCUT2D eigenvalue weighted by Gasteiger charge is -2.20. The topological polar surface area (TPSA) is 99.1 Å². The van der Waals surface area contributed by atoms with E-state index in [0.717, 1.165) is 5.01 Å². The minimum Gasteiger partial charge on any atom is -0.481 e. The number of carbonyl (C=O) groups is 3. The largest absolute Gasteiger partial charge is 0.481 e. The molecule has 2 amide bonds. The Morgan fingerprint density at radius 1 is 1.47 bits per heavy atom. The zero-order valence-electron chi connectivity index (χ0n) is 11.2. The van der Waals surface area contributed by atoms with Gasteiger partial charge >= 0.3 is 5.97 Å². The van der Waals surface area contributed by atoms with Crippen molar-refractivity contribution in [3.8, 4) is 0 Å². The lowest BCUT2D eigenvalue weighted by atomic mass is 10.0. The molecule has 0 aliphatic carbocycles. The summed E-state index contributed by atoms with van der Waals surface area (Å²) in [5.41, 5.74) is 0.312. The van der Waals surface area contributed by atoms with Crippen LogP contribution in [0.3, 0.4) is 0 Å². The summed E-state index contributed by atoms with van der Waals surface area (Å²) in [6, 6.07) is 0. The predicted octanol–water partition coefficient (Wildman–Crippen LogP) is 0.212. The Morgan fingerprint density at radius 2 is 2.16 bits per heavy atom. The van der Waals surface area contributed by atoms with Gasteiger partial charge in [0, 0.05) is 32.9 Å². The van der Waals surface area contributed by atoms with Crippen molar-refractivity contribution in [2.75, 3.05) is 13.6 Å². The lowest BCUT2D eigenvalue weighted by molar-refractivity contribution is -0.138. The lowest BCUT2D eigenvalue weighted by Crippen LogP contribution is -2.39. The van der Waals surface area contributed by atoms with Crippen LogP contribution in [0.25, 0.3) is 0 Å².